The molecule has 1 aliphatic rings. The number of hydrogen-bond acceptors (Lipinski definition) is 4. The third-order valence-corrected chi connectivity index (χ3v) is 6.74. The van der Waals surface area contributed by atoms with Gasteiger partial charge in [-0.2, -0.15) is 0 Å². The van der Waals surface area contributed by atoms with Crippen LogP contribution in [0.5, 0.6) is 5.75 Å². The van der Waals surface area contributed by atoms with Gasteiger partial charge in [0.2, 0.25) is 0 Å². The van der Waals surface area contributed by atoms with Crippen molar-refractivity contribution in [1.29, 1.82) is 0 Å². The Bertz CT molecular complexity index is 994. The molecule has 1 fully saturated rings. The third-order valence-electron chi connectivity index (χ3n) is 5.23. The fourth-order valence-corrected chi connectivity index (χ4v) is 5.30. The van der Waals surface area contributed by atoms with Crippen LogP contribution < -0.4 is 9.46 Å². The maximum absolute atomic E-state index is 13.1. The Morgan fingerprint density at radius 2 is 1.76 bits per heavy atom. The zero-order chi connectivity index (χ0) is 21.2. The second-order valence-electron chi connectivity index (χ2n) is 7.94. The van der Waals surface area contributed by atoms with E-state index >= 15 is 0 Å². The molecular formula is C22H28N2O4S. The Morgan fingerprint density at radius 1 is 1.10 bits per heavy atom. The number of benzene rings is 2. The Hall–Kier alpha value is -2.54. The van der Waals surface area contributed by atoms with Gasteiger partial charge in [-0.3, -0.25) is 9.52 Å². The van der Waals surface area contributed by atoms with Crippen LogP contribution in [0.4, 0.5) is 5.69 Å². The van der Waals surface area contributed by atoms with Crippen molar-refractivity contribution in [3.05, 3.63) is 53.6 Å². The smallest absolute Gasteiger partial charge is 0.262 e. The molecule has 0 unspecified atom stereocenters. The number of para-hydroxylation sites is 2. The van der Waals surface area contributed by atoms with Crippen molar-refractivity contribution in [1.82, 2.24) is 4.90 Å². The van der Waals surface area contributed by atoms with Gasteiger partial charge in [-0.05, 0) is 55.0 Å². The lowest BCUT2D eigenvalue weighted by Gasteiger charge is -2.35. The molecule has 1 saturated heterocycles. The molecule has 29 heavy (non-hydrogen) atoms. The fraction of sp³-hybridized carbons (Fsp3) is 0.409. The second-order valence-corrected chi connectivity index (χ2v) is 9.59. The number of methoxy groups -OCH3 is 1. The summed E-state index contributed by atoms with van der Waals surface area (Å²) in [6.45, 7) is 7.38. The van der Waals surface area contributed by atoms with Gasteiger partial charge in [0, 0.05) is 18.7 Å². The van der Waals surface area contributed by atoms with E-state index < -0.39 is 10.0 Å². The number of hydrogen-bond donors (Lipinski definition) is 1. The van der Waals surface area contributed by atoms with Gasteiger partial charge in [-0.15, -0.1) is 0 Å². The molecule has 0 aromatic heterocycles. The topological polar surface area (TPSA) is 75.7 Å². The average molecular weight is 417 g/mol. The Kier molecular flexibility index (Phi) is 6.17. The first kappa shape index (κ1) is 21.2. The highest BCUT2D eigenvalue weighted by atomic mass is 32.2. The van der Waals surface area contributed by atoms with Gasteiger partial charge in [0.25, 0.3) is 15.9 Å². The van der Waals surface area contributed by atoms with Crippen molar-refractivity contribution < 1.29 is 17.9 Å². The van der Waals surface area contributed by atoms with Gasteiger partial charge in [0.05, 0.1) is 17.7 Å². The zero-order valence-corrected chi connectivity index (χ0v) is 18.1. The van der Waals surface area contributed by atoms with Crippen LogP contribution in [0, 0.1) is 18.8 Å². The number of rotatable bonds is 5. The molecule has 0 spiro atoms. The normalized spacial score (nSPS) is 19.7. The Morgan fingerprint density at radius 3 is 2.41 bits per heavy atom. The first-order chi connectivity index (χ1) is 13.7. The number of sulfonamides is 1. The lowest BCUT2D eigenvalue weighted by Crippen LogP contribution is -2.42. The molecule has 1 amide bonds. The SMILES string of the molecule is COc1ccccc1NS(=O)(=O)c1cc(C(=O)N2C[C@H](C)C[C@@H](C)C2)ccc1C. The lowest BCUT2D eigenvalue weighted by molar-refractivity contribution is 0.0623. The predicted molar refractivity (Wildman–Crippen MR) is 114 cm³/mol. The van der Waals surface area contributed by atoms with Gasteiger partial charge >= 0.3 is 0 Å². The summed E-state index contributed by atoms with van der Waals surface area (Å²) in [5.41, 5.74) is 1.31. The first-order valence-electron chi connectivity index (χ1n) is 9.77. The van der Waals surface area contributed by atoms with Crippen LogP contribution in [-0.4, -0.2) is 39.4 Å². The van der Waals surface area contributed by atoms with Crippen molar-refractivity contribution in [3.8, 4) is 5.75 Å². The molecule has 0 bridgehead atoms. The van der Waals surface area contributed by atoms with Crippen molar-refractivity contribution in [2.24, 2.45) is 11.8 Å². The minimum atomic E-state index is -3.89. The molecule has 1 heterocycles. The van der Waals surface area contributed by atoms with Crippen LogP contribution in [0.2, 0.25) is 0 Å². The van der Waals surface area contributed by atoms with Crippen molar-refractivity contribution in [2.75, 3.05) is 24.9 Å². The van der Waals surface area contributed by atoms with Crippen LogP contribution in [-0.2, 0) is 10.0 Å². The number of anilines is 1. The zero-order valence-electron chi connectivity index (χ0n) is 17.3. The maximum atomic E-state index is 13.1. The summed E-state index contributed by atoms with van der Waals surface area (Å²) in [6, 6.07) is 11.7. The number of nitrogens with zero attached hydrogens (tertiary/aromatic N) is 1. The summed E-state index contributed by atoms with van der Waals surface area (Å²) in [7, 11) is -2.40. The van der Waals surface area contributed by atoms with E-state index in [0.29, 0.717) is 47.5 Å². The summed E-state index contributed by atoms with van der Waals surface area (Å²) >= 11 is 0. The number of carbonyl (C=O) groups is 1. The highest BCUT2D eigenvalue weighted by molar-refractivity contribution is 7.92. The van der Waals surface area contributed by atoms with Crippen LogP contribution in [0.15, 0.2) is 47.4 Å². The second kappa shape index (κ2) is 8.45. The first-order valence-corrected chi connectivity index (χ1v) is 11.3. The minimum Gasteiger partial charge on any atom is -0.495 e. The van der Waals surface area contributed by atoms with Gasteiger partial charge in [-0.1, -0.05) is 32.0 Å². The Labute approximate surface area is 172 Å². The molecule has 0 saturated carbocycles. The van der Waals surface area contributed by atoms with E-state index in [2.05, 4.69) is 18.6 Å². The molecule has 156 valence electrons. The largest absolute Gasteiger partial charge is 0.495 e. The Balaban J connectivity index is 1.91. The van der Waals surface area contributed by atoms with Gasteiger partial charge in [-0.25, -0.2) is 8.42 Å². The molecule has 2 aromatic carbocycles. The number of aryl methyl sites for hydroxylation is 1. The molecule has 3 rings (SSSR count). The molecule has 0 radical (unpaired) electrons. The van der Waals surface area contributed by atoms with Crippen molar-refractivity contribution in [2.45, 2.75) is 32.1 Å². The number of piperidine rings is 1. The predicted octanol–water partition coefficient (Wildman–Crippen LogP) is 3.92. The molecule has 1 N–H and O–H groups in total. The van der Waals surface area contributed by atoms with E-state index in [4.69, 9.17) is 4.74 Å². The van der Waals surface area contributed by atoms with E-state index in [-0.39, 0.29) is 10.8 Å². The number of likely N-dealkylation sites (tertiary alicyclic amines) is 1. The summed E-state index contributed by atoms with van der Waals surface area (Å²) in [4.78, 5) is 14.9. The third kappa shape index (κ3) is 4.72. The van der Waals surface area contributed by atoms with E-state index in [1.165, 1.54) is 13.2 Å². The van der Waals surface area contributed by atoms with E-state index in [1.54, 1.807) is 43.3 Å². The van der Waals surface area contributed by atoms with Crippen LogP contribution in [0.1, 0.15) is 36.2 Å². The highest BCUT2D eigenvalue weighted by Crippen LogP contribution is 2.28. The number of amides is 1. The molecule has 1 aliphatic heterocycles. The summed E-state index contributed by atoms with van der Waals surface area (Å²) in [5.74, 6) is 1.17. The monoisotopic (exact) mass is 416 g/mol. The van der Waals surface area contributed by atoms with Crippen LogP contribution in [0.25, 0.3) is 0 Å². The number of nitrogens with one attached hydrogen (secondary N) is 1. The number of carbonyl (C=O) groups excluding carboxylic acids is 1. The van der Waals surface area contributed by atoms with Gasteiger partial charge in [0.1, 0.15) is 5.75 Å². The summed E-state index contributed by atoms with van der Waals surface area (Å²) in [6.07, 6.45) is 1.10. The minimum absolute atomic E-state index is 0.0902. The van der Waals surface area contributed by atoms with Crippen LogP contribution in [0.3, 0.4) is 0 Å². The molecule has 0 aliphatic carbocycles. The average Bonchev–Trinajstić information content (AvgIpc) is 2.67. The van der Waals surface area contributed by atoms with Gasteiger partial charge < -0.3 is 9.64 Å². The van der Waals surface area contributed by atoms with Crippen molar-refractivity contribution >= 4 is 21.6 Å². The van der Waals surface area contributed by atoms with E-state index in [1.807, 2.05) is 4.90 Å². The van der Waals surface area contributed by atoms with Gasteiger partial charge in [0.15, 0.2) is 0 Å². The summed E-state index contributed by atoms with van der Waals surface area (Å²) in [5, 5.41) is 0. The fourth-order valence-electron chi connectivity index (χ4n) is 3.96. The van der Waals surface area contributed by atoms with Crippen LogP contribution >= 0.6 is 0 Å². The molecule has 2 aromatic rings. The molecule has 7 heteroatoms. The lowest BCUT2D eigenvalue weighted by atomic mass is 9.91. The van der Waals surface area contributed by atoms with E-state index in [9.17, 15) is 13.2 Å². The maximum Gasteiger partial charge on any atom is 0.262 e. The molecule has 2 atom stereocenters. The standard InChI is InChI=1S/C22H28N2O4S/c1-15-11-16(2)14-24(13-15)22(25)18-10-9-17(3)21(12-18)29(26,27)23-19-7-5-6-8-20(19)28-4/h5-10,12,15-16,23H,11,13-14H2,1-4H3/t15-,16-/m1/s1. The van der Waals surface area contributed by atoms with Crippen molar-refractivity contribution in [3.63, 3.8) is 0 Å². The number of ether oxygens (including phenoxy) is 1. The molecular weight excluding hydrogens is 388 g/mol. The van der Waals surface area contributed by atoms with E-state index in [0.717, 1.165) is 6.42 Å². The quantitative estimate of drug-likeness (QED) is 0.801. The molecule has 6 nitrogen and oxygen atoms in total. The summed E-state index contributed by atoms with van der Waals surface area (Å²) < 4.78 is 33.9. The highest BCUT2D eigenvalue weighted by Gasteiger charge is 2.27.